The summed E-state index contributed by atoms with van der Waals surface area (Å²) in [4.78, 5) is 0.905. The Labute approximate surface area is 311 Å². The van der Waals surface area contributed by atoms with Gasteiger partial charge in [-0.3, -0.25) is 0 Å². The molecule has 0 atom stereocenters. The van der Waals surface area contributed by atoms with Crippen molar-refractivity contribution in [2.24, 2.45) is 0 Å². The molecule has 1 aliphatic carbocycles. The van der Waals surface area contributed by atoms with Gasteiger partial charge in [-0.2, -0.15) is 0 Å². The highest BCUT2D eigenvalue weighted by atomic mass is 15.1. The van der Waals surface area contributed by atoms with Crippen molar-refractivity contribution in [3.05, 3.63) is 199 Å². The molecule has 0 bridgehead atoms. The third-order valence-electron chi connectivity index (χ3n) is 9.46. The molecule has 9 rings (SSSR count). The Morgan fingerprint density at radius 3 is 1.86 bits per heavy atom. The lowest BCUT2D eigenvalue weighted by atomic mass is 9.79. The number of benzene rings is 8. The minimum Gasteiger partial charge on any atom is -0.310 e. The first-order valence-corrected chi connectivity index (χ1v) is 16.5. The Morgan fingerprint density at radius 2 is 1.08 bits per heavy atom. The van der Waals surface area contributed by atoms with E-state index < -0.39 is 95.0 Å². The maximum Gasteiger partial charge on any atom is 0.0651 e. The van der Waals surface area contributed by atoms with E-state index in [9.17, 15) is 13.7 Å². The standard InChI is InChI=1S/C49H37N/c1-49(2)47-21-9-8-18-45(47)46-20-11-19-44(48(46)49)37-26-30-42(31-27-37)50(41-28-24-36(25-29-41)34-12-4-3-5-13-34)43-17-10-16-39(33-43)40-23-22-35-14-6-7-15-38(35)32-40/h3-33H,1-2H3/i10D,16D,17D,24D,25D,26D,27D,28D,29D,30D,31D,33D. The average Bonchev–Trinajstić information content (AvgIpc) is 3.51. The minimum absolute atomic E-state index is 0.00264. The molecule has 0 fully saturated rings. The predicted molar refractivity (Wildman–Crippen MR) is 213 cm³/mol. The molecular weight excluding hydrogens is 603 g/mol. The fourth-order valence-corrected chi connectivity index (χ4v) is 7.05. The molecule has 0 saturated heterocycles. The third-order valence-corrected chi connectivity index (χ3v) is 9.46. The zero-order valence-corrected chi connectivity index (χ0v) is 27.4. The molecule has 0 aliphatic heterocycles. The molecule has 1 nitrogen and oxygen atoms in total. The summed E-state index contributed by atoms with van der Waals surface area (Å²) in [5.74, 6) is 0. The number of hydrogen-bond donors (Lipinski definition) is 0. The van der Waals surface area contributed by atoms with Crippen LogP contribution in [0.1, 0.15) is 41.4 Å². The highest BCUT2D eigenvalue weighted by Crippen LogP contribution is 2.52. The smallest absolute Gasteiger partial charge is 0.0651 e. The van der Waals surface area contributed by atoms with E-state index >= 15 is 0 Å². The molecule has 0 unspecified atom stereocenters. The quantitative estimate of drug-likeness (QED) is 0.173. The Balaban J connectivity index is 1.38. The number of nitrogens with zero attached hydrogens (tertiary/aromatic N) is 1. The molecule has 0 spiro atoms. The molecule has 0 aromatic heterocycles. The molecular formula is C49H37N. The van der Waals surface area contributed by atoms with Crippen LogP contribution in [0.4, 0.5) is 17.1 Å². The molecule has 0 heterocycles. The normalized spacial score (nSPS) is 16.1. The zero-order valence-electron chi connectivity index (χ0n) is 39.4. The summed E-state index contributed by atoms with van der Waals surface area (Å²) in [6.45, 7) is 4.09. The fraction of sp³-hybridized carbons (Fsp3) is 0.0612. The van der Waals surface area contributed by atoms with Gasteiger partial charge in [-0.1, -0.05) is 159 Å². The van der Waals surface area contributed by atoms with Gasteiger partial charge >= 0.3 is 0 Å². The SMILES string of the molecule is [2H]c1c([2H])c(-c2ccc3ccccc3c2)c([2H])c(N(c2c([2H])c([2H])c(-c3ccccc3)c([2H])c2[2H])c2c([2H])c([2H])c(-c3cccc4c3C(C)(C)c3ccccc3-4)c([2H])c2[2H])c1[2H]. The van der Waals surface area contributed by atoms with Gasteiger partial charge in [0, 0.05) is 22.5 Å². The zero-order chi connectivity index (χ0) is 44.1. The molecule has 0 saturated carbocycles. The van der Waals surface area contributed by atoms with Crippen LogP contribution >= 0.6 is 0 Å². The van der Waals surface area contributed by atoms with Crippen LogP contribution in [0.25, 0.3) is 55.3 Å². The van der Waals surface area contributed by atoms with Crippen molar-refractivity contribution in [2.75, 3.05) is 4.90 Å². The summed E-state index contributed by atoms with van der Waals surface area (Å²) >= 11 is 0. The summed E-state index contributed by atoms with van der Waals surface area (Å²) in [5.41, 5.74) is 2.66. The summed E-state index contributed by atoms with van der Waals surface area (Å²) in [6, 6.07) is 27.8. The summed E-state index contributed by atoms with van der Waals surface area (Å²) < 4.78 is 113. The Hall–Kier alpha value is -6.18. The summed E-state index contributed by atoms with van der Waals surface area (Å²) in [5, 5.41) is 1.65. The van der Waals surface area contributed by atoms with E-state index in [0.717, 1.165) is 37.9 Å². The number of anilines is 3. The van der Waals surface area contributed by atoms with Crippen LogP contribution in [-0.4, -0.2) is 0 Å². The molecule has 0 N–H and O–H groups in total. The third kappa shape index (κ3) is 5.11. The Kier molecular flexibility index (Phi) is 4.76. The van der Waals surface area contributed by atoms with Crippen LogP contribution in [0.5, 0.6) is 0 Å². The van der Waals surface area contributed by atoms with Crippen LogP contribution in [0.2, 0.25) is 0 Å². The van der Waals surface area contributed by atoms with Crippen LogP contribution < -0.4 is 4.90 Å². The van der Waals surface area contributed by atoms with Gasteiger partial charge in [0.25, 0.3) is 0 Å². The number of fused-ring (bicyclic) bond motifs is 4. The largest absolute Gasteiger partial charge is 0.310 e. The molecule has 50 heavy (non-hydrogen) atoms. The Morgan fingerprint density at radius 1 is 0.440 bits per heavy atom. The van der Waals surface area contributed by atoms with Crippen molar-refractivity contribution in [1.82, 2.24) is 0 Å². The Bertz CT molecular complexity index is 3140. The fourth-order valence-electron chi connectivity index (χ4n) is 7.05. The van der Waals surface area contributed by atoms with Crippen molar-refractivity contribution in [3.63, 3.8) is 0 Å². The molecule has 0 amide bonds. The van der Waals surface area contributed by atoms with Crippen molar-refractivity contribution >= 4 is 27.8 Å². The summed E-state index contributed by atoms with van der Waals surface area (Å²) in [6.07, 6.45) is 0. The summed E-state index contributed by atoms with van der Waals surface area (Å²) in [7, 11) is 0. The molecule has 8 aromatic rings. The van der Waals surface area contributed by atoms with Crippen molar-refractivity contribution in [2.45, 2.75) is 19.3 Å². The predicted octanol–water partition coefficient (Wildman–Crippen LogP) is 13.6. The highest BCUT2D eigenvalue weighted by molar-refractivity contribution is 5.90. The average molecular weight is 652 g/mol. The highest BCUT2D eigenvalue weighted by Gasteiger charge is 2.37. The second kappa shape index (κ2) is 12.1. The van der Waals surface area contributed by atoms with Gasteiger partial charge in [-0.25, -0.2) is 0 Å². The van der Waals surface area contributed by atoms with Gasteiger partial charge in [-0.15, -0.1) is 0 Å². The molecule has 238 valence electrons. The number of rotatable bonds is 6. The molecule has 1 heteroatoms. The van der Waals surface area contributed by atoms with Crippen molar-refractivity contribution < 1.29 is 16.4 Å². The first kappa shape index (κ1) is 19.7. The topological polar surface area (TPSA) is 3.24 Å². The lowest BCUT2D eigenvalue weighted by Gasteiger charge is -2.27. The van der Waals surface area contributed by atoms with E-state index in [1.807, 2.05) is 74.5 Å². The van der Waals surface area contributed by atoms with Gasteiger partial charge in [-0.05, 0) is 109 Å². The molecule has 1 aliphatic rings. The van der Waals surface area contributed by atoms with Crippen LogP contribution in [-0.2, 0) is 5.41 Å². The lowest BCUT2D eigenvalue weighted by molar-refractivity contribution is 0.662. The van der Waals surface area contributed by atoms with Crippen LogP contribution in [0.15, 0.2) is 188 Å². The van der Waals surface area contributed by atoms with Crippen molar-refractivity contribution in [3.8, 4) is 44.5 Å². The van der Waals surface area contributed by atoms with E-state index in [0.29, 0.717) is 16.7 Å². The van der Waals surface area contributed by atoms with Crippen LogP contribution in [0.3, 0.4) is 0 Å². The number of hydrogen-bond acceptors (Lipinski definition) is 1. The monoisotopic (exact) mass is 651 g/mol. The van der Waals surface area contributed by atoms with E-state index in [2.05, 4.69) is 0 Å². The van der Waals surface area contributed by atoms with E-state index in [4.69, 9.17) is 2.74 Å². The maximum absolute atomic E-state index is 9.74. The first-order valence-electron chi connectivity index (χ1n) is 22.5. The second-order valence-corrected chi connectivity index (χ2v) is 12.8. The van der Waals surface area contributed by atoms with Crippen molar-refractivity contribution in [1.29, 1.82) is 0 Å². The van der Waals surface area contributed by atoms with E-state index in [1.165, 1.54) is 0 Å². The first-order chi connectivity index (χ1) is 29.6. The maximum atomic E-state index is 9.74. The van der Waals surface area contributed by atoms with Gasteiger partial charge in [0.15, 0.2) is 0 Å². The van der Waals surface area contributed by atoms with Crippen LogP contribution in [0, 0.1) is 0 Å². The van der Waals surface area contributed by atoms with E-state index in [1.54, 1.807) is 54.6 Å². The lowest BCUT2D eigenvalue weighted by Crippen LogP contribution is -2.16. The molecule has 8 aromatic carbocycles. The second-order valence-electron chi connectivity index (χ2n) is 12.8. The van der Waals surface area contributed by atoms with Gasteiger partial charge in [0.1, 0.15) is 0 Å². The van der Waals surface area contributed by atoms with Gasteiger partial charge < -0.3 is 4.90 Å². The van der Waals surface area contributed by atoms with Gasteiger partial charge in [0.2, 0.25) is 0 Å². The van der Waals surface area contributed by atoms with E-state index in [-0.39, 0.29) is 16.7 Å². The van der Waals surface area contributed by atoms with Gasteiger partial charge in [0.05, 0.1) is 16.4 Å². The minimum atomic E-state index is -0.713. The molecule has 0 radical (unpaired) electrons.